The van der Waals surface area contributed by atoms with E-state index in [2.05, 4.69) is 15.2 Å². The predicted octanol–water partition coefficient (Wildman–Crippen LogP) is 0.905. The number of morpholine rings is 1. The van der Waals surface area contributed by atoms with Gasteiger partial charge in [-0.25, -0.2) is 4.98 Å². The number of hydrogen-bond acceptors (Lipinski definition) is 5. The maximum absolute atomic E-state index is 12.9. The molecule has 0 saturated carbocycles. The van der Waals surface area contributed by atoms with Gasteiger partial charge in [0.25, 0.3) is 5.91 Å². The van der Waals surface area contributed by atoms with Gasteiger partial charge in [0.05, 0.1) is 25.3 Å². The number of nitrogens with one attached hydrogen (secondary N) is 1. The van der Waals surface area contributed by atoms with Crippen LogP contribution in [0.3, 0.4) is 0 Å². The minimum atomic E-state index is -0.175. The predicted molar refractivity (Wildman–Crippen MR) is 92.1 cm³/mol. The van der Waals surface area contributed by atoms with Crippen molar-refractivity contribution in [3.63, 3.8) is 0 Å². The Morgan fingerprint density at radius 1 is 1.38 bits per heavy atom. The van der Waals surface area contributed by atoms with E-state index in [0.29, 0.717) is 44.2 Å². The number of anilines is 1. The zero-order valence-electron chi connectivity index (χ0n) is 14.6. The summed E-state index contributed by atoms with van der Waals surface area (Å²) < 4.78 is 5.36. The van der Waals surface area contributed by atoms with Crippen molar-refractivity contribution in [2.24, 2.45) is 0 Å². The van der Waals surface area contributed by atoms with Crippen molar-refractivity contribution in [2.75, 3.05) is 44.3 Å². The molecular weight excluding hydrogens is 308 g/mol. The zero-order valence-corrected chi connectivity index (χ0v) is 14.6. The summed E-state index contributed by atoms with van der Waals surface area (Å²) in [5, 5.41) is 2.82. The third kappa shape index (κ3) is 4.67. The first-order chi connectivity index (χ1) is 11.5. The SMILES string of the molecule is CCN(CC(=O)NC(C)C)C(=O)c1cccnc1N1CCOCC1. The Morgan fingerprint density at radius 2 is 2.08 bits per heavy atom. The first kappa shape index (κ1) is 18.2. The number of likely N-dealkylation sites (N-methyl/N-ethyl adjacent to an activating group) is 1. The number of nitrogens with zero attached hydrogens (tertiary/aromatic N) is 3. The van der Waals surface area contributed by atoms with Crippen LogP contribution >= 0.6 is 0 Å². The summed E-state index contributed by atoms with van der Waals surface area (Å²) in [5.74, 6) is 0.330. The lowest BCUT2D eigenvalue weighted by Gasteiger charge is -2.30. The van der Waals surface area contributed by atoms with E-state index in [1.54, 1.807) is 23.2 Å². The van der Waals surface area contributed by atoms with Crippen LogP contribution < -0.4 is 10.2 Å². The Hall–Kier alpha value is -2.15. The van der Waals surface area contributed by atoms with E-state index < -0.39 is 0 Å². The summed E-state index contributed by atoms with van der Waals surface area (Å²) in [4.78, 5) is 32.9. The van der Waals surface area contributed by atoms with Crippen molar-refractivity contribution in [3.05, 3.63) is 23.9 Å². The molecule has 0 unspecified atom stereocenters. The quantitative estimate of drug-likeness (QED) is 0.837. The third-order valence-electron chi connectivity index (χ3n) is 3.78. The molecule has 0 aromatic carbocycles. The molecule has 2 amide bonds. The van der Waals surface area contributed by atoms with E-state index >= 15 is 0 Å². The van der Waals surface area contributed by atoms with Gasteiger partial charge in [-0.3, -0.25) is 9.59 Å². The summed E-state index contributed by atoms with van der Waals surface area (Å²) in [7, 11) is 0. The molecule has 7 heteroatoms. The van der Waals surface area contributed by atoms with Gasteiger partial charge in [-0.2, -0.15) is 0 Å². The molecule has 1 N–H and O–H groups in total. The molecule has 1 aliphatic rings. The highest BCUT2D eigenvalue weighted by molar-refractivity contribution is 6.00. The van der Waals surface area contributed by atoms with Gasteiger partial charge in [0.1, 0.15) is 5.82 Å². The molecule has 1 fully saturated rings. The Bertz CT molecular complexity index is 571. The normalized spacial score (nSPS) is 14.6. The van der Waals surface area contributed by atoms with Gasteiger partial charge in [-0.1, -0.05) is 0 Å². The van der Waals surface area contributed by atoms with Crippen LogP contribution in [0.5, 0.6) is 0 Å². The van der Waals surface area contributed by atoms with Crippen molar-refractivity contribution < 1.29 is 14.3 Å². The first-order valence-corrected chi connectivity index (χ1v) is 8.39. The summed E-state index contributed by atoms with van der Waals surface area (Å²) in [5.41, 5.74) is 0.526. The molecule has 2 heterocycles. The highest BCUT2D eigenvalue weighted by Crippen LogP contribution is 2.20. The van der Waals surface area contributed by atoms with Crippen LogP contribution in [0.4, 0.5) is 5.82 Å². The van der Waals surface area contributed by atoms with E-state index in [1.807, 2.05) is 20.8 Å². The smallest absolute Gasteiger partial charge is 0.258 e. The van der Waals surface area contributed by atoms with E-state index in [-0.39, 0.29) is 24.4 Å². The molecule has 7 nitrogen and oxygen atoms in total. The zero-order chi connectivity index (χ0) is 17.5. The van der Waals surface area contributed by atoms with Crippen LogP contribution in [-0.4, -0.2) is 67.1 Å². The molecule has 1 aromatic heterocycles. The Morgan fingerprint density at radius 3 is 2.71 bits per heavy atom. The second-order valence-electron chi connectivity index (χ2n) is 6.02. The molecule has 132 valence electrons. The number of ether oxygens (including phenoxy) is 1. The summed E-state index contributed by atoms with van der Waals surface area (Å²) in [6.45, 7) is 8.82. The molecule has 0 spiro atoms. The van der Waals surface area contributed by atoms with Gasteiger partial charge in [0.15, 0.2) is 0 Å². The summed E-state index contributed by atoms with van der Waals surface area (Å²) in [6.07, 6.45) is 1.68. The average Bonchev–Trinajstić information content (AvgIpc) is 2.59. The van der Waals surface area contributed by atoms with Crippen LogP contribution in [0.2, 0.25) is 0 Å². The van der Waals surface area contributed by atoms with Crippen molar-refractivity contribution in [2.45, 2.75) is 26.8 Å². The topological polar surface area (TPSA) is 74.8 Å². The molecule has 0 radical (unpaired) electrons. The van der Waals surface area contributed by atoms with Crippen molar-refractivity contribution in [1.82, 2.24) is 15.2 Å². The maximum atomic E-state index is 12.9. The van der Waals surface area contributed by atoms with Gasteiger partial charge >= 0.3 is 0 Å². The number of aromatic nitrogens is 1. The van der Waals surface area contributed by atoms with E-state index in [9.17, 15) is 9.59 Å². The highest BCUT2D eigenvalue weighted by atomic mass is 16.5. The second kappa shape index (κ2) is 8.63. The molecule has 0 atom stereocenters. The highest BCUT2D eigenvalue weighted by Gasteiger charge is 2.24. The first-order valence-electron chi connectivity index (χ1n) is 8.39. The van der Waals surface area contributed by atoms with Crippen LogP contribution in [0.25, 0.3) is 0 Å². The molecular formula is C17H26N4O3. The fourth-order valence-corrected chi connectivity index (χ4v) is 2.63. The van der Waals surface area contributed by atoms with Crippen LogP contribution in [0.15, 0.2) is 18.3 Å². The van der Waals surface area contributed by atoms with Crippen LogP contribution in [-0.2, 0) is 9.53 Å². The molecule has 1 aliphatic heterocycles. The Balaban J connectivity index is 2.16. The van der Waals surface area contributed by atoms with E-state index in [1.165, 1.54) is 0 Å². The van der Waals surface area contributed by atoms with Gasteiger partial charge in [0, 0.05) is 31.9 Å². The van der Waals surface area contributed by atoms with Crippen molar-refractivity contribution in [1.29, 1.82) is 0 Å². The van der Waals surface area contributed by atoms with E-state index in [0.717, 1.165) is 0 Å². The van der Waals surface area contributed by atoms with Gasteiger partial charge < -0.3 is 19.9 Å². The lowest BCUT2D eigenvalue weighted by molar-refractivity contribution is -0.122. The number of pyridine rings is 1. The number of hydrogen-bond donors (Lipinski definition) is 1. The van der Waals surface area contributed by atoms with Gasteiger partial charge in [-0.15, -0.1) is 0 Å². The minimum absolute atomic E-state index is 0.0466. The van der Waals surface area contributed by atoms with Gasteiger partial charge in [-0.05, 0) is 32.9 Å². The fraction of sp³-hybridized carbons (Fsp3) is 0.588. The summed E-state index contributed by atoms with van der Waals surface area (Å²) in [6, 6.07) is 3.57. The molecule has 1 saturated heterocycles. The standard InChI is InChI=1S/C17H26N4O3/c1-4-20(12-15(22)19-13(2)3)17(23)14-6-5-7-18-16(14)21-8-10-24-11-9-21/h5-7,13H,4,8-12H2,1-3H3,(H,19,22). The largest absolute Gasteiger partial charge is 0.378 e. The van der Waals surface area contributed by atoms with Crippen LogP contribution in [0, 0.1) is 0 Å². The fourth-order valence-electron chi connectivity index (χ4n) is 2.63. The molecule has 1 aromatic rings. The van der Waals surface area contributed by atoms with E-state index in [4.69, 9.17) is 4.74 Å². The maximum Gasteiger partial charge on any atom is 0.258 e. The van der Waals surface area contributed by atoms with Gasteiger partial charge in [0.2, 0.25) is 5.91 Å². The van der Waals surface area contributed by atoms with Crippen molar-refractivity contribution in [3.8, 4) is 0 Å². The molecule has 24 heavy (non-hydrogen) atoms. The monoisotopic (exact) mass is 334 g/mol. The average molecular weight is 334 g/mol. The summed E-state index contributed by atoms with van der Waals surface area (Å²) >= 11 is 0. The number of rotatable bonds is 6. The lowest BCUT2D eigenvalue weighted by atomic mass is 10.2. The second-order valence-corrected chi connectivity index (χ2v) is 6.02. The number of carbonyl (C=O) groups excluding carboxylic acids is 2. The number of carbonyl (C=O) groups is 2. The molecule has 0 aliphatic carbocycles. The number of amides is 2. The Kier molecular flexibility index (Phi) is 6.54. The molecule has 0 bridgehead atoms. The third-order valence-corrected chi connectivity index (χ3v) is 3.78. The molecule has 2 rings (SSSR count). The van der Waals surface area contributed by atoms with Crippen molar-refractivity contribution >= 4 is 17.6 Å². The van der Waals surface area contributed by atoms with Crippen LogP contribution in [0.1, 0.15) is 31.1 Å². The lowest BCUT2D eigenvalue weighted by Crippen LogP contribution is -2.43. The Labute approximate surface area is 143 Å². The minimum Gasteiger partial charge on any atom is -0.378 e.